The third-order valence-corrected chi connectivity index (χ3v) is 19.0. The minimum atomic E-state index is -5.16. The predicted molar refractivity (Wildman–Crippen MR) is 374 cm³/mol. The molecule has 12 aromatic rings. The van der Waals surface area contributed by atoms with Gasteiger partial charge in [0.2, 0.25) is 17.7 Å². The molecule has 9 aromatic heterocycles. The topological polar surface area (TPSA) is 321 Å². The Morgan fingerprint density at radius 2 is 0.765 bits per heavy atom. The van der Waals surface area contributed by atoms with Gasteiger partial charge in [-0.05, 0) is 79.8 Å². The van der Waals surface area contributed by atoms with Crippen LogP contribution in [0.1, 0.15) is 67.0 Å². The normalized spacial score (nSPS) is 17.3. The van der Waals surface area contributed by atoms with Gasteiger partial charge in [0.15, 0.2) is 50.7 Å². The van der Waals surface area contributed by atoms with E-state index in [1.807, 2.05) is 5.32 Å². The van der Waals surface area contributed by atoms with E-state index in [1.54, 1.807) is 46.9 Å². The Labute approximate surface area is 642 Å². The number of carbonyl (C=O) groups excluding carboxylic acids is 3. The molecule has 8 N–H and O–H groups in total. The Hall–Kier alpha value is -12.0. The lowest BCUT2D eigenvalue weighted by Gasteiger charge is -2.26. The van der Waals surface area contributed by atoms with Gasteiger partial charge in [-0.15, -0.1) is 0 Å². The molecule has 0 aliphatic carbocycles. The maximum Gasteiger partial charge on any atom is 0.407 e. The summed E-state index contributed by atoms with van der Waals surface area (Å²) in [5.41, 5.74) is 0.611. The Bertz CT molecular complexity index is 5630. The van der Waals surface area contributed by atoms with Crippen LogP contribution in [0, 0.1) is 38.6 Å². The van der Waals surface area contributed by atoms with Crippen LogP contribution < -0.4 is 32.7 Å². The summed E-state index contributed by atoms with van der Waals surface area (Å²) in [5.74, 6) is -11.4. The SMILES string of the molecule is CC1(C(F)(F)F)C(=O)Nc2nc(-c3nn(Cc4ccccc4F)c4ncc(F)cc34)nc(I)c21.CC1(C(F)(F)F)C(=O)Nc2nc(-c3nn(Cc4ccccc4F)c4ncc(F)cc34)nc(N)c21.CC1(C(F)(F)F)C(=O)Nc2nc(-c3nn(Cc4ccccc4F)c4ncc(F)cc34)nc(NCCC(F)(F)F)c21.NCCC(F)(F)F. The third kappa shape index (κ3) is 15.8. The number of nitrogens with one attached hydrogen (secondary N) is 4. The van der Waals surface area contributed by atoms with E-state index >= 15 is 0 Å². The summed E-state index contributed by atoms with van der Waals surface area (Å²) in [6, 6.07) is 20.9. The number of nitrogen functional groups attached to an aromatic ring is 1. The fourth-order valence-electron chi connectivity index (χ4n) is 12.1. The van der Waals surface area contributed by atoms with Gasteiger partial charge in [-0.25, -0.2) is 85.2 Å². The summed E-state index contributed by atoms with van der Waals surface area (Å²) < 4.78 is 285. The molecule has 3 unspecified atom stereocenters. The smallest absolute Gasteiger partial charge is 0.383 e. The molecule has 3 aliphatic heterocycles. The van der Waals surface area contributed by atoms with E-state index in [0.29, 0.717) is 19.4 Å². The summed E-state index contributed by atoms with van der Waals surface area (Å²) in [5, 5.41) is 21.8. The highest BCUT2D eigenvalue weighted by Gasteiger charge is 2.66. The lowest BCUT2D eigenvalue weighted by Crippen LogP contribution is -2.45. The maximum absolute atomic E-state index is 14.3. The number of amides is 3. The fourth-order valence-corrected chi connectivity index (χ4v) is 13.2. The van der Waals surface area contributed by atoms with Crippen LogP contribution in [0.4, 0.5) is 121 Å². The van der Waals surface area contributed by atoms with E-state index in [1.165, 1.54) is 62.6 Å². The van der Waals surface area contributed by atoms with E-state index < -0.39 is 165 Å². The first kappa shape index (κ1) is 82.4. The van der Waals surface area contributed by atoms with Crippen LogP contribution in [0.25, 0.3) is 67.7 Å². The Morgan fingerprint density at radius 3 is 1.10 bits per heavy atom. The number of carbonyl (C=O) groups is 3. The van der Waals surface area contributed by atoms with Gasteiger partial charge < -0.3 is 32.7 Å². The molecule has 3 atom stereocenters. The van der Waals surface area contributed by atoms with E-state index in [2.05, 4.69) is 81.8 Å². The lowest BCUT2D eigenvalue weighted by molar-refractivity contribution is -0.188. The molecule has 12 heterocycles. The number of hydrogen-bond donors (Lipinski definition) is 6. The second kappa shape index (κ2) is 30.4. The van der Waals surface area contributed by atoms with Gasteiger partial charge in [0.05, 0.1) is 83.9 Å². The fraction of sp³-hybridized carbons (Fsp3) is 0.261. The first-order valence-corrected chi connectivity index (χ1v) is 34.0. The van der Waals surface area contributed by atoms with E-state index in [-0.39, 0.29) is 109 Å². The first-order chi connectivity index (χ1) is 53.8. The summed E-state index contributed by atoms with van der Waals surface area (Å²) in [4.78, 5) is 73.3. The molecule has 0 bridgehead atoms. The zero-order chi connectivity index (χ0) is 83.8. The molecule has 0 fully saturated rings. The minimum absolute atomic E-state index is 0.0135. The zero-order valence-corrected chi connectivity index (χ0v) is 60.4. The van der Waals surface area contributed by atoms with Crippen LogP contribution in [0.5, 0.6) is 0 Å². The van der Waals surface area contributed by atoms with Crippen molar-refractivity contribution >= 4 is 103 Å². The molecule has 15 rings (SSSR count). The molecule has 46 heteroatoms. The highest BCUT2D eigenvalue weighted by Crippen LogP contribution is 2.54. The molecular formula is C69H49F21IN21O3. The number of rotatable bonds is 13. The van der Waals surface area contributed by atoms with Gasteiger partial charge >= 0.3 is 30.9 Å². The van der Waals surface area contributed by atoms with Crippen molar-refractivity contribution in [2.24, 2.45) is 5.73 Å². The average molecular weight is 1750 g/mol. The van der Waals surface area contributed by atoms with Gasteiger partial charge in [0.25, 0.3) is 0 Å². The molecule has 3 aliphatic rings. The van der Waals surface area contributed by atoms with Gasteiger partial charge in [-0.3, -0.25) is 14.4 Å². The highest BCUT2D eigenvalue weighted by atomic mass is 127. The molecule has 24 nitrogen and oxygen atoms in total. The molecule has 602 valence electrons. The number of alkyl halides is 15. The molecule has 0 saturated carbocycles. The molecule has 0 saturated heterocycles. The van der Waals surface area contributed by atoms with Crippen LogP contribution in [0.2, 0.25) is 0 Å². The van der Waals surface area contributed by atoms with Crippen LogP contribution >= 0.6 is 22.6 Å². The number of pyridine rings is 3. The number of halogens is 22. The second-order valence-corrected chi connectivity index (χ2v) is 26.9. The predicted octanol–water partition coefficient (Wildman–Crippen LogP) is 14.4. The van der Waals surface area contributed by atoms with Crippen molar-refractivity contribution in [2.45, 2.75) is 100 Å². The van der Waals surface area contributed by atoms with Gasteiger partial charge in [-0.2, -0.15) is 81.2 Å². The maximum atomic E-state index is 14.3. The van der Waals surface area contributed by atoms with Crippen molar-refractivity contribution in [3.63, 3.8) is 0 Å². The standard InChI is InChI=1S/C24H17F8N7O.C21H12F5IN6O.C21H14F5N7O.C3H6F3N/c1-22(24(30,31)32)15-17(33-7-6-23(27,28)29)35-19(36-18(15)37-21(22)40)16-13-8-12(25)9-34-20(13)39(38-16)10-11-4-2-3-5-14(11)26;2*1-20(21(24,25)26)13-15(27)29-17(30-16(13)31-19(20)34)14-11-6-10(22)7-28-18(11)33(32-14)8-9-4-2-3-5-12(9)23;4-3(5,6)1-2-7/h2-5,8-9H,6-7,10H2,1H3,(H2,33,35,36,37,40);2-7H,8H2,1H3,(H,29,30,31,34);2-7H,8H2,1H3,(H3,27,29,30,31,34);1-2,7H2. The van der Waals surface area contributed by atoms with Crippen LogP contribution in [-0.2, 0) is 50.3 Å². The van der Waals surface area contributed by atoms with E-state index in [4.69, 9.17) is 5.73 Å². The Kier molecular flexibility index (Phi) is 21.8. The Morgan fingerprint density at radius 1 is 0.443 bits per heavy atom. The highest BCUT2D eigenvalue weighted by molar-refractivity contribution is 14.1. The number of anilines is 5. The zero-order valence-electron chi connectivity index (χ0n) is 58.2. The monoisotopic (exact) mass is 1750 g/mol. The van der Waals surface area contributed by atoms with Crippen LogP contribution in [-0.4, -0.2) is 136 Å². The molecule has 115 heavy (non-hydrogen) atoms. The first-order valence-electron chi connectivity index (χ1n) is 32.9. The summed E-state index contributed by atoms with van der Waals surface area (Å²) in [6.45, 7) is 0.507. The number of nitrogens with two attached hydrogens (primary N) is 2. The van der Waals surface area contributed by atoms with Crippen molar-refractivity contribution in [3.05, 3.63) is 182 Å². The van der Waals surface area contributed by atoms with Gasteiger partial charge in [0, 0.05) is 29.8 Å². The van der Waals surface area contributed by atoms with Crippen LogP contribution in [0.15, 0.2) is 110 Å². The number of benzene rings is 3. The molecule has 0 spiro atoms. The van der Waals surface area contributed by atoms with Crippen molar-refractivity contribution in [3.8, 4) is 34.6 Å². The summed E-state index contributed by atoms with van der Waals surface area (Å²) >= 11 is 1.60. The molecular weight excluding hydrogens is 1700 g/mol. The van der Waals surface area contributed by atoms with E-state index in [9.17, 15) is 107 Å². The van der Waals surface area contributed by atoms with E-state index in [0.717, 1.165) is 43.7 Å². The number of nitrogens with zero attached hydrogens (tertiary/aromatic N) is 15. The van der Waals surface area contributed by atoms with Gasteiger partial charge in [0.1, 0.15) is 84.8 Å². The minimum Gasteiger partial charge on any atom is -0.383 e. The second-order valence-electron chi connectivity index (χ2n) is 25.9. The Balaban J connectivity index is 0.000000153. The van der Waals surface area contributed by atoms with Gasteiger partial charge in [-0.1, -0.05) is 54.6 Å². The average Bonchev–Trinajstić information content (AvgIpc) is 1.58. The molecule has 3 aromatic carbocycles. The number of aromatic nitrogens is 15. The van der Waals surface area contributed by atoms with Crippen molar-refractivity contribution < 1.29 is 107 Å². The van der Waals surface area contributed by atoms with Crippen LogP contribution in [0.3, 0.4) is 0 Å². The third-order valence-electron chi connectivity index (χ3n) is 18.2. The van der Waals surface area contributed by atoms with Crippen molar-refractivity contribution in [1.82, 2.24) is 74.2 Å². The summed E-state index contributed by atoms with van der Waals surface area (Å²) in [6.07, 6.45) is -23.2. The van der Waals surface area contributed by atoms with Crippen molar-refractivity contribution in [2.75, 3.05) is 40.1 Å². The number of hydrogen-bond acceptors (Lipinski definition) is 18. The largest absolute Gasteiger partial charge is 0.407 e. The number of fused-ring (bicyclic) bond motifs is 6. The summed E-state index contributed by atoms with van der Waals surface area (Å²) in [7, 11) is 0. The quantitative estimate of drug-likeness (QED) is 0.0355. The molecule has 0 radical (unpaired) electrons. The molecule has 3 amide bonds. The van der Waals surface area contributed by atoms with Crippen molar-refractivity contribution in [1.29, 1.82) is 0 Å². The lowest BCUT2D eigenvalue weighted by atomic mass is 9.83.